The fourth-order valence-corrected chi connectivity index (χ4v) is 4.36. The van der Waals surface area contributed by atoms with Gasteiger partial charge >= 0.3 is 0 Å². The first-order valence-electron chi connectivity index (χ1n) is 7.28. The van der Waals surface area contributed by atoms with E-state index in [9.17, 15) is 8.42 Å². The van der Waals surface area contributed by atoms with Crippen LogP contribution in [0.4, 0.5) is 0 Å². The van der Waals surface area contributed by atoms with E-state index in [0.717, 1.165) is 23.7 Å². The molecule has 0 radical (unpaired) electrons. The van der Waals surface area contributed by atoms with Gasteiger partial charge in [0, 0.05) is 23.6 Å². The van der Waals surface area contributed by atoms with Crippen molar-refractivity contribution in [2.24, 2.45) is 5.92 Å². The van der Waals surface area contributed by atoms with Gasteiger partial charge in [-0.15, -0.1) is 0 Å². The summed E-state index contributed by atoms with van der Waals surface area (Å²) in [4.78, 5) is 0. The maximum atomic E-state index is 11.7. The van der Waals surface area contributed by atoms with Gasteiger partial charge in [0.15, 0.2) is 0 Å². The van der Waals surface area contributed by atoms with E-state index in [1.165, 1.54) is 11.8 Å². The predicted molar refractivity (Wildman–Crippen MR) is 89.7 cm³/mol. The lowest BCUT2D eigenvalue weighted by atomic mass is 9.89. The highest BCUT2D eigenvalue weighted by atomic mass is 79.9. The first-order valence-corrected chi connectivity index (χ1v) is 9.92. The maximum Gasteiger partial charge on any atom is 0.211 e. The van der Waals surface area contributed by atoms with Crippen molar-refractivity contribution in [2.75, 3.05) is 26.4 Å². The summed E-state index contributed by atoms with van der Waals surface area (Å²) < 4.78 is 26.1. The molecule has 0 bridgehead atoms. The molecule has 1 aromatic carbocycles. The van der Waals surface area contributed by atoms with Crippen molar-refractivity contribution < 1.29 is 8.42 Å². The summed E-state index contributed by atoms with van der Waals surface area (Å²) in [5, 5.41) is 3.36. The number of benzene rings is 1. The molecule has 1 N–H and O–H groups in total. The number of nitrogens with zero attached hydrogens (tertiary/aromatic N) is 1. The molecule has 0 aromatic heterocycles. The zero-order valence-electron chi connectivity index (χ0n) is 12.5. The van der Waals surface area contributed by atoms with Crippen LogP contribution in [-0.2, 0) is 10.0 Å². The molecule has 0 saturated carbocycles. The van der Waals surface area contributed by atoms with Gasteiger partial charge in [-0.25, -0.2) is 12.7 Å². The Hall–Kier alpha value is -0.430. The van der Waals surface area contributed by atoms with Gasteiger partial charge in [-0.2, -0.15) is 0 Å². The average Bonchev–Trinajstić information content (AvgIpc) is 2.44. The molecular weight excluding hydrogens is 352 g/mol. The van der Waals surface area contributed by atoms with Crippen LogP contribution in [0.2, 0.25) is 0 Å². The Labute approximate surface area is 136 Å². The average molecular weight is 375 g/mol. The van der Waals surface area contributed by atoms with Crippen molar-refractivity contribution in [3.05, 3.63) is 34.3 Å². The molecule has 1 aliphatic rings. The first kappa shape index (κ1) is 16.9. The number of hydrogen-bond donors (Lipinski definition) is 1. The number of piperidine rings is 1. The lowest BCUT2D eigenvalue weighted by molar-refractivity contribution is 0.240. The lowest BCUT2D eigenvalue weighted by Crippen LogP contribution is -2.40. The minimum Gasteiger partial charge on any atom is -0.313 e. The Morgan fingerprint density at radius 1 is 1.48 bits per heavy atom. The second-order valence-electron chi connectivity index (χ2n) is 5.76. The van der Waals surface area contributed by atoms with Gasteiger partial charge < -0.3 is 5.32 Å². The van der Waals surface area contributed by atoms with Gasteiger partial charge in [-0.05, 0) is 49.9 Å². The highest BCUT2D eigenvalue weighted by Crippen LogP contribution is 2.29. The monoisotopic (exact) mass is 374 g/mol. The van der Waals surface area contributed by atoms with Crippen molar-refractivity contribution in [1.82, 2.24) is 9.62 Å². The molecule has 0 amide bonds. The molecule has 6 heteroatoms. The highest BCUT2D eigenvalue weighted by Gasteiger charge is 2.27. The normalized spacial score (nSPS) is 22.1. The maximum absolute atomic E-state index is 11.7. The second-order valence-corrected chi connectivity index (χ2v) is 8.66. The van der Waals surface area contributed by atoms with Crippen LogP contribution in [0.5, 0.6) is 0 Å². The minimum atomic E-state index is -3.07. The number of sulfonamides is 1. The summed E-state index contributed by atoms with van der Waals surface area (Å²) >= 11 is 3.51. The Balaban J connectivity index is 2.05. The second kappa shape index (κ2) is 7.22. The molecular formula is C15H23BrN2O2S. The third kappa shape index (κ3) is 4.77. The van der Waals surface area contributed by atoms with E-state index in [2.05, 4.69) is 33.4 Å². The predicted octanol–water partition coefficient (Wildman–Crippen LogP) is 2.77. The van der Waals surface area contributed by atoms with Crippen LogP contribution in [0.1, 0.15) is 30.9 Å². The molecule has 4 nitrogen and oxygen atoms in total. The number of halogens is 1. The zero-order valence-corrected chi connectivity index (χ0v) is 15.0. The van der Waals surface area contributed by atoms with Crippen LogP contribution >= 0.6 is 15.9 Å². The van der Waals surface area contributed by atoms with Crippen molar-refractivity contribution in [3.63, 3.8) is 0 Å². The summed E-state index contributed by atoms with van der Waals surface area (Å²) in [6.07, 6.45) is 4.31. The Morgan fingerprint density at radius 2 is 2.24 bits per heavy atom. The van der Waals surface area contributed by atoms with Crippen LogP contribution in [0.15, 0.2) is 28.7 Å². The van der Waals surface area contributed by atoms with E-state index in [0.29, 0.717) is 19.0 Å². The highest BCUT2D eigenvalue weighted by molar-refractivity contribution is 9.10. The van der Waals surface area contributed by atoms with Crippen LogP contribution in [-0.4, -0.2) is 39.1 Å². The van der Waals surface area contributed by atoms with Gasteiger partial charge in [0.2, 0.25) is 10.0 Å². The summed E-state index contributed by atoms with van der Waals surface area (Å²) in [5.74, 6) is 0.407. The Bertz CT molecular complexity index is 577. The van der Waals surface area contributed by atoms with E-state index in [1.807, 2.05) is 19.2 Å². The third-order valence-corrected chi connectivity index (χ3v) is 5.88. The third-order valence-electron chi connectivity index (χ3n) is 4.12. The van der Waals surface area contributed by atoms with Gasteiger partial charge in [-0.3, -0.25) is 0 Å². The summed E-state index contributed by atoms with van der Waals surface area (Å²) in [6.45, 7) is 1.31. The molecule has 2 rings (SSSR count). The van der Waals surface area contributed by atoms with Crippen LogP contribution in [0, 0.1) is 5.92 Å². The topological polar surface area (TPSA) is 49.4 Å². The van der Waals surface area contributed by atoms with Crippen molar-refractivity contribution >= 4 is 26.0 Å². The molecule has 2 unspecified atom stereocenters. The van der Waals surface area contributed by atoms with E-state index >= 15 is 0 Å². The summed E-state index contributed by atoms with van der Waals surface area (Å²) in [6, 6.07) is 8.55. The van der Waals surface area contributed by atoms with E-state index < -0.39 is 10.0 Å². The van der Waals surface area contributed by atoms with E-state index in [-0.39, 0.29) is 6.04 Å². The minimum absolute atomic E-state index is 0.256. The summed E-state index contributed by atoms with van der Waals surface area (Å²) in [5.41, 5.74) is 1.24. The molecule has 1 saturated heterocycles. The number of hydrogen-bond acceptors (Lipinski definition) is 3. The van der Waals surface area contributed by atoms with E-state index in [4.69, 9.17) is 0 Å². The molecule has 2 atom stereocenters. The van der Waals surface area contributed by atoms with Gasteiger partial charge in [0.1, 0.15) is 0 Å². The van der Waals surface area contributed by atoms with Crippen LogP contribution in [0.25, 0.3) is 0 Å². The molecule has 21 heavy (non-hydrogen) atoms. The SMILES string of the molecule is CNC(CC1CCCN(S(C)(=O)=O)C1)c1cccc(Br)c1. The fourth-order valence-electron chi connectivity index (χ4n) is 3.00. The molecule has 1 fully saturated rings. The van der Waals surface area contributed by atoms with Gasteiger partial charge in [0.25, 0.3) is 0 Å². The molecule has 0 aliphatic carbocycles. The standard InChI is InChI=1S/C15H23BrN2O2S/c1-17-15(13-6-3-7-14(16)10-13)9-12-5-4-8-18(11-12)21(2,19)20/h3,6-7,10,12,15,17H,4-5,8-9,11H2,1-2H3. The number of rotatable bonds is 5. The van der Waals surface area contributed by atoms with E-state index in [1.54, 1.807) is 4.31 Å². The first-order chi connectivity index (χ1) is 9.90. The quantitative estimate of drug-likeness (QED) is 0.861. The molecule has 0 spiro atoms. The van der Waals surface area contributed by atoms with Crippen molar-refractivity contribution in [2.45, 2.75) is 25.3 Å². The summed E-state index contributed by atoms with van der Waals surface area (Å²) in [7, 11) is -1.11. The Morgan fingerprint density at radius 3 is 2.86 bits per heavy atom. The molecule has 1 heterocycles. The number of nitrogens with one attached hydrogen (secondary N) is 1. The molecule has 1 aliphatic heterocycles. The largest absolute Gasteiger partial charge is 0.313 e. The fraction of sp³-hybridized carbons (Fsp3) is 0.600. The van der Waals surface area contributed by atoms with Crippen molar-refractivity contribution in [1.29, 1.82) is 0 Å². The molecule has 1 aromatic rings. The van der Waals surface area contributed by atoms with Crippen LogP contribution in [0.3, 0.4) is 0 Å². The Kier molecular flexibility index (Phi) is 5.82. The van der Waals surface area contributed by atoms with Gasteiger partial charge in [0.05, 0.1) is 6.26 Å². The molecule has 118 valence electrons. The lowest BCUT2D eigenvalue weighted by Gasteiger charge is -2.33. The van der Waals surface area contributed by atoms with Gasteiger partial charge in [-0.1, -0.05) is 28.1 Å². The van der Waals surface area contributed by atoms with Crippen molar-refractivity contribution in [3.8, 4) is 0 Å². The zero-order chi connectivity index (χ0) is 15.5. The van der Waals surface area contributed by atoms with Crippen LogP contribution < -0.4 is 5.32 Å². The smallest absolute Gasteiger partial charge is 0.211 e.